The van der Waals surface area contributed by atoms with Gasteiger partial charge >= 0.3 is 5.97 Å². The quantitative estimate of drug-likeness (QED) is 0.464. The van der Waals surface area contributed by atoms with Crippen LogP contribution in [0.15, 0.2) is 17.5 Å². The van der Waals surface area contributed by atoms with E-state index in [0.29, 0.717) is 4.88 Å². The summed E-state index contributed by atoms with van der Waals surface area (Å²) in [6.07, 6.45) is -0.411. The van der Waals surface area contributed by atoms with E-state index in [1.807, 2.05) is 0 Å². The fourth-order valence-electron chi connectivity index (χ4n) is 2.23. The van der Waals surface area contributed by atoms with Gasteiger partial charge in [0.1, 0.15) is 0 Å². The van der Waals surface area contributed by atoms with E-state index in [-0.39, 0.29) is 10.9 Å². The van der Waals surface area contributed by atoms with Crippen molar-refractivity contribution in [1.82, 2.24) is 10.6 Å². The Balaban J connectivity index is 2.45. The zero-order chi connectivity index (χ0) is 16.3. The Labute approximate surface area is 135 Å². The molecule has 7 nitrogen and oxygen atoms in total. The maximum Gasteiger partial charge on any atom is 0.334 e. The first-order valence-electron chi connectivity index (χ1n) is 6.12. The molecule has 1 amide bonds. The summed E-state index contributed by atoms with van der Waals surface area (Å²) in [7, 11) is 1.12. The largest absolute Gasteiger partial charge is 0.467 e. The van der Waals surface area contributed by atoms with E-state index in [1.54, 1.807) is 23.6 Å². The summed E-state index contributed by atoms with van der Waals surface area (Å²) in [5.74, 6) is -3.45. The molecule has 0 radical (unpaired) electrons. The number of esters is 1. The van der Waals surface area contributed by atoms with E-state index >= 15 is 0 Å². The molecule has 1 saturated heterocycles. The van der Waals surface area contributed by atoms with Crippen LogP contribution in [-0.4, -0.2) is 35.4 Å². The average Bonchev–Trinajstić information content (AvgIpc) is 3.00. The molecular formula is C13H11N3O4S2. The van der Waals surface area contributed by atoms with Gasteiger partial charge in [-0.05, 0) is 23.7 Å². The topological polar surface area (TPSA) is 108 Å². The number of amides is 1. The number of hydrogen-bond acceptors (Lipinski definition) is 7. The third-order valence-corrected chi connectivity index (χ3v) is 4.36. The number of nitrogens with zero attached hydrogens (tertiary/aromatic N) is 1. The molecule has 0 saturated carbocycles. The lowest BCUT2D eigenvalue weighted by molar-refractivity contribution is -0.152. The Kier molecular flexibility index (Phi) is 4.54. The number of carbonyl (C=O) groups excluding carboxylic acids is 3. The number of rotatable bonds is 4. The second-order valence-corrected chi connectivity index (χ2v) is 5.90. The molecule has 0 spiro atoms. The Morgan fingerprint density at radius 1 is 1.59 bits per heavy atom. The van der Waals surface area contributed by atoms with Gasteiger partial charge in [-0.3, -0.25) is 9.59 Å². The Hall–Kier alpha value is -2.31. The van der Waals surface area contributed by atoms with Crippen molar-refractivity contribution in [2.75, 3.05) is 7.11 Å². The lowest BCUT2D eigenvalue weighted by Crippen LogP contribution is -2.70. The summed E-state index contributed by atoms with van der Waals surface area (Å²) in [5.41, 5.74) is -1.83. The predicted molar refractivity (Wildman–Crippen MR) is 81.0 cm³/mol. The third kappa shape index (κ3) is 2.70. The van der Waals surface area contributed by atoms with E-state index in [0.717, 1.165) is 7.11 Å². The van der Waals surface area contributed by atoms with Gasteiger partial charge in [0.2, 0.25) is 5.91 Å². The SMILES string of the molecule is COC(=O)[C@@]1(CC(=O)c2cccs2)NC(=S)NC(=O)[C@@H]1C#N. The summed E-state index contributed by atoms with van der Waals surface area (Å²) < 4.78 is 4.70. The number of nitriles is 1. The number of Topliss-reactive ketones (excluding diaryl/α,β-unsaturated/α-hetero) is 1. The second-order valence-electron chi connectivity index (χ2n) is 4.55. The van der Waals surface area contributed by atoms with E-state index in [2.05, 4.69) is 10.6 Å². The lowest BCUT2D eigenvalue weighted by atomic mass is 9.78. The molecule has 1 aromatic rings. The predicted octanol–water partition coefficient (Wildman–Crippen LogP) is 0.377. The molecule has 1 aliphatic rings. The minimum absolute atomic E-state index is 0.124. The van der Waals surface area contributed by atoms with Crippen molar-refractivity contribution < 1.29 is 19.1 Å². The first-order chi connectivity index (χ1) is 10.4. The summed E-state index contributed by atoms with van der Waals surface area (Å²) >= 11 is 6.09. The number of thiocarbonyl (C=S) groups is 1. The standard InChI is InChI=1S/C13H11N3O4S2/c1-20-11(19)13(5-8(17)9-3-2-4-22-9)7(6-14)10(18)15-12(21)16-13/h2-4,7H,5H2,1H3,(H2,15,16,18,21)/t7-,13-/m0/s1. The third-order valence-electron chi connectivity index (χ3n) is 3.24. The van der Waals surface area contributed by atoms with Crippen LogP contribution in [0.2, 0.25) is 0 Å². The average molecular weight is 337 g/mol. The van der Waals surface area contributed by atoms with Crippen LogP contribution < -0.4 is 10.6 Å². The van der Waals surface area contributed by atoms with Gasteiger partial charge in [-0.1, -0.05) is 6.07 Å². The molecule has 0 aromatic carbocycles. The Morgan fingerprint density at radius 3 is 2.86 bits per heavy atom. The van der Waals surface area contributed by atoms with Crippen molar-refractivity contribution in [1.29, 1.82) is 5.26 Å². The Morgan fingerprint density at radius 2 is 2.32 bits per heavy atom. The molecular weight excluding hydrogens is 326 g/mol. The molecule has 0 bridgehead atoms. The number of ether oxygens (including phenoxy) is 1. The normalized spacial score (nSPS) is 23.9. The molecule has 1 aliphatic heterocycles. The summed E-state index contributed by atoms with van der Waals surface area (Å²) in [5, 5.41) is 15.7. The van der Waals surface area contributed by atoms with Crippen molar-refractivity contribution in [3.63, 3.8) is 0 Å². The zero-order valence-electron chi connectivity index (χ0n) is 11.4. The first kappa shape index (κ1) is 16.1. The van der Waals surface area contributed by atoms with E-state index in [1.165, 1.54) is 11.3 Å². The second kappa shape index (κ2) is 6.21. The maximum absolute atomic E-state index is 12.4. The molecule has 9 heteroatoms. The number of hydrogen-bond donors (Lipinski definition) is 2. The molecule has 0 unspecified atom stereocenters. The van der Waals surface area contributed by atoms with Gasteiger partial charge in [0.05, 0.1) is 18.1 Å². The van der Waals surface area contributed by atoms with Gasteiger partial charge in [0, 0.05) is 6.42 Å². The van der Waals surface area contributed by atoms with E-state index < -0.39 is 29.8 Å². The van der Waals surface area contributed by atoms with Crippen LogP contribution in [-0.2, 0) is 14.3 Å². The summed E-state index contributed by atoms with van der Waals surface area (Å²) in [6.45, 7) is 0. The van der Waals surface area contributed by atoms with Gasteiger partial charge in [0.15, 0.2) is 22.4 Å². The highest BCUT2D eigenvalue weighted by Crippen LogP contribution is 2.29. The number of carbonyl (C=O) groups is 3. The molecule has 2 atom stereocenters. The van der Waals surface area contributed by atoms with E-state index in [4.69, 9.17) is 17.0 Å². The van der Waals surface area contributed by atoms with Crippen LogP contribution in [0.4, 0.5) is 0 Å². The molecule has 2 rings (SSSR count). The fraction of sp³-hybridized carbons (Fsp3) is 0.308. The first-order valence-corrected chi connectivity index (χ1v) is 7.41. The molecule has 1 aromatic heterocycles. The zero-order valence-corrected chi connectivity index (χ0v) is 13.0. The van der Waals surface area contributed by atoms with Crippen molar-refractivity contribution in [3.05, 3.63) is 22.4 Å². The van der Waals surface area contributed by atoms with E-state index in [9.17, 15) is 19.6 Å². The van der Waals surface area contributed by atoms with Gasteiger partial charge in [-0.25, -0.2) is 4.79 Å². The monoisotopic (exact) mass is 337 g/mol. The van der Waals surface area contributed by atoms with Crippen molar-refractivity contribution in [3.8, 4) is 6.07 Å². The van der Waals surface area contributed by atoms with Gasteiger partial charge in [-0.2, -0.15) is 5.26 Å². The van der Waals surface area contributed by atoms with Crippen LogP contribution >= 0.6 is 23.6 Å². The van der Waals surface area contributed by atoms with Gasteiger partial charge < -0.3 is 15.4 Å². The highest BCUT2D eigenvalue weighted by molar-refractivity contribution is 7.80. The minimum atomic E-state index is -1.83. The van der Waals surface area contributed by atoms with Crippen molar-refractivity contribution in [2.24, 2.45) is 5.92 Å². The van der Waals surface area contributed by atoms with Crippen LogP contribution in [0.3, 0.4) is 0 Å². The van der Waals surface area contributed by atoms with Crippen LogP contribution in [0, 0.1) is 17.2 Å². The molecule has 2 heterocycles. The van der Waals surface area contributed by atoms with Crippen LogP contribution in [0.25, 0.3) is 0 Å². The van der Waals surface area contributed by atoms with Gasteiger partial charge in [0.25, 0.3) is 0 Å². The molecule has 2 N–H and O–H groups in total. The molecule has 1 fully saturated rings. The smallest absolute Gasteiger partial charge is 0.334 e. The van der Waals surface area contributed by atoms with Crippen molar-refractivity contribution >= 4 is 46.3 Å². The number of thiophene rings is 1. The summed E-state index contributed by atoms with van der Waals surface area (Å²) in [4.78, 5) is 37.0. The summed E-state index contributed by atoms with van der Waals surface area (Å²) in [6, 6.07) is 5.04. The molecule has 114 valence electrons. The molecule has 0 aliphatic carbocycles. The van der Waals surface area contributed by atoms with Crippen molar-refractivity contribution in [2.45, 2.75) is 12.0 Å². The lowest BCUT2D eigenvalue weighted by Gasteiger charge is -2.38. The van der Waals surface area contributed by atoms with Gasteiger partial charge in [-0.15, -0.1) is 11.3 Å². The Bertz CT molecular complexity index is 680. The highest BCUT2D eigenvalue weighted by Gasteiger charge is 2.55. The minimum Gasteiger partial charge on any atom is -0.467 e. The molecule has 22 heavy (non-hydrogen) atoms. The number of ketones is 1. The highest BCUT2D eigenvalue weighted by atomic mass is 32.1. The number of nitrogens with one attached hydrogen (secondary N) is 2. The fourth-order valence-corrected chi connectivity index (χ4v) is 3.18. The maximum atomic E-state index is 12.4. The van der Waals surface area contributed by atoms with Crippen LogP contribution in [0.5, 0.6) is 0 Å². The van der Waals surface area contributed by atoms with Crippen LogP contribution in [0.1, 0.15) is 16.1 Å². The number of methoxy groups -OCH3 is 1.